The fraction of sp³-hybridized carbons (Fsp3) is 0.333. The van der Waals surface area contributed by atoms with Crippen LogP contribution >= 0.6 is 15.9 Å². The topological polar surface area (TPSA) is 89.4 Å². The molecule has 0 heterocycles. The Balaban J connectivity index is 3.10. The van der Waals surface area contributed by atoms with E-state index < -0.39 is 11.0 Å². The summed E-state index contributed by atoms with van der Waals surface area (Å²) >= 11 is 3.16. The molecule has 1 rings (SSSR count). The van der Waals surface area contributed by atoms with E-state index in [4.69, 9.17) is 10.8 Å². The Morgan fingerprint density at radius 1 is 1.60 bits per heavy atom. The van der Waals surface area contributed by atoms with Gasteiger partial charge in [-0.15, -0.1) is 0 Å². The maximum absolute atomic E-state index is 10.7. The van der Waals surface area contributed by atoms with Gasteiger partial charge in [-0.2, -0.15) is 0 Å². The lowest BCUT2D eigenvalue weighted by atomic mass is 10.0. The lowest BCUT2D eigenvalue weighted by Gasteiger charge is -2.10. The van der Waals surface area contributed by atoms with E-state index in [2.05, 4.69) is 15.9 Å². The van der Waals surface area contributed by atoms with Crippen molar-refractivity contribution in [1.29, 1.82) is 0 Å². The monoisotopic (exact) mass is 274 g/mol. The fourth-order valence-corrected chi connectivity index (χ4v) is 1.63. The minimum atomic E-state index is -0.511. The Hall–Kier alpha value is -0.980. The molecule has 0 unspecified atom stereocenters. The van der Waals surface area contributed by atoms with Crippen LogP contribution < -0.4 is 5.73 Å². The van der Waals surface area contributed by atoms with Crippen LogP contribution in [0.25, 0.3) is 0 Å². The summed E-state index contributed by atoms with van der Waals surface area (Å²) in [5.74, 6) is 0. The number of rotatable bonds is 4. The molecule has 0 aromatic heterocycles. The lowest BCUT2D eigenvalue weighted by Crippen LogP contribution is -2.13. The second-order valence-electron chi connectivity index (χ2n) is 3.08. The number of nitro benzene ring substituents is 1. The third-order valence-corrected chi connectivity index (χ3v) is 2.52. The predicted molar refractivity (Wildman–Crippen MR) is 59.4 cm³/mol. The van der Waals surface area contributed by atoms with Crippen LogP contribution in [0.15, 0.2) is 22.7 Å². The van der Waals surface area contributed by atoms with E-state index >= 15 is 0 Å². The number of hydrogen-bond donors (Lipinski definition) is 2. The molecule has 82 valence electrons. The van der Waals surface area contributed by atoms with E-state index in [0.717, 1.165) is 0 Å². The van der Waals surface area contributed by atoms with Crippen LogP contribution in [0.1, 0.15) is 18.0 Å². The summed E-state index contributed by atoms with van der Waals surface area (Å²) in [4.78, 5) is 10.3. The van der Waals surface area contributed by atoms with Gasteiger partial charge in [-0.05, 0) is 18.6 Å². The van der Waals surface area contributed by atoms with Crippen molar-refractivity contribution < 1.29 is 10.0 Å². The molecule has 0 aliphatic rings. The fourth-order valence-electron chi connectivity index (χ4n) is 1.28. The SMILES string of the molecule is N[C@H](CCO)c1ccc(Br)cc1[N+](=O)[O-]. The summed E-state index contributed by atoms with van der Waals surface area (Å²) in [5, 5.41) is 19.5. The number of halogens is 1. The molecule has 5 nitrogen and oxygen atoms in total. The van der Waals surface area contributed by atoms with Gasteiger partial charge in [0.05, 0.1) is 4.92 Å². The first kappa shape index (κ1) is 12.1. The zero-order valence-electron chi connectivity index (χ0n) is 7.89. The molecule has 15 heavy (non-hydrogen) atoms. The number of hydrogen-bond acceptors (Lipinski definition) is 4. The summed E-state index contributed by atoms with van der Waals surface area (Å²) in [6.07, 6.45) is 0.308. The van der Waals surface area contributed by atoms with E-state index in [9.17, 15) is 10.1 Å². The van der Waals surface area contributed by atoms with Gasteiger partial charge in [0.25, 0.3) is 5.69 Å². The Bertz CT molecular complexity index is 370. The molecule has 0 saturated heterocycles. The zero-order chi connectivity index (χ0) is 11.4. The highest BCUT2D eigenvalue weighted by Gasteiger charge is 2.19. The largest absolute Gasteiger partial charge is 0.396 e. The van der Waals surface area contributed by atoms with Crippen LogP contribution in [0.4, 0.5) is 5.69 Å². The Labute approximate surface area is 95.2 Å². The molecule has 0 aliphatic heterocycles. The van der Waals surface area contributed by atoms with Crippen LogP contribution in [0.3, 0.4) is 0 Å². The highest BCUT2D eigenvalue weighted by molar-refractivity contribution is 9.10. The molecule has 0 bridgehead atoms. The van der Waals surface area contributed by atoms with E-state index in [1.807, 2.05) is 0 Å². The van der Waals surface area contributed by atoms with Crippen LogP contribution in [-0.4, -0.2) is 16.6 Å². The molecule has 1 aromatic carbocycles. The maximum Gasteiger partial charge on any atom is 0.275 e. The Morgan fingerprint density at radius 2 is 2.27 bits per heavy atom. The lowest BCUT2D eigenvalue weighted by molar-refractivity contribution is -0.385. The van der Waals surface area contributed by atoms with Crippen LogP contribution in [0.5, 0.6) is 0 Å². The van der Waals surface area contributed by atoms with Crippen molar-refractivity contribution in [3.63, 3.8) is 0 Å². The number of aliphatic hydroxyl groups is 1. The van der Waals surface area contributed by atoms with E-state index in [1.165, 1.54) is 6.07 Å². The molecule has 1 atom stereocenters. The number of nitrogens with two attached hydrogens (primary N) is 1. The molecule has 0 aliphatic carbocycles. The first-order valence-corrected chi connectivity index (χ1v) is 5.16. The van der Waals surface area contributed by atoms with Crippen LogP contribution in [-0.2, 0) is 0 Å². The van der Waals surface area contributed by atoms with Crippen molar-refractivity contribution in [3.8, 4) is 0 Å². The van der Waals surface area contributed by atoms with Gasteiger partial charge in [-0.1, -0.05) is 15.9 Å². The molecule has 0 fully saturated rings. The van der Waals surface area contributed by atoms with Crippen molar-refractivity contribution in [2.45, 2.75) is 12.5 Å². The second kappa shape index (κ2) is 5.20. The highest BCUT2D eigenvalue weighted by atomic mass is 79.9. The number of nitro groups is 1. The van der Waals surface area contributed by atoms with Crippen LogP contribution in [0.2, 0.25) is 0 Å². The molecule has 6 heteroatoms. The van der Waals surface area contributed by atoms with E-state index in [-0.39, 0.29) is 12.3 Å². The molecule has 0 spiro atoms. The molecule has 0 radical (unpaired) electrons. The first-order valence-electron chi connectivity index (χ1n) is 4.36. The average molecular weight is 275 g/mol. The number of aliphatic hydroxyl groups excluding tert-OH is 1. The van der Waals surface area contributed by atoms with Gasteiger partial charge in [0.2, 0.25) is 0 Å². The molecule has 3 N–H and O–H groups in total. The second-order valence-corrected chi connectivity index (χ2v) is 3.99. The Kier molecular flexibility index (Phi) is 4.19. The van der Waals surface area contributed by atoms with Gasteiger partial charge in [-0.3, -0.25) is 10.1 Å². The first-order chi connectivity index (χ1) is 7.06. The maximum atomic E-state index is 10.7. The molecule has 1 aromatic rings. The molecular weight excluding hydrogens is 264 g/mol. The summed E-state index contributed by atoms with van der Waals surface area (Å²) < 4.78 is 0.633. The smallest absolute Gasteiger partial charge is 0.275 e. The summed E-state index contributed by atoms with van der Waals surface area (Å²) in [6, 6.07) is 4.19. The number of nitrogens with zero attached hydrogens (tertiary/aromatic N) is 1. The normalized spacial score (nSPS) is 12.5. The predicted octanol–water partition coefficient (Wildman–Crippen LogP) is 1.74. The molecule has 0 saturated carbocycles. The highest BCUT2D eigenvalue weighted by Crippen LogP contribution is 2.28. The van der Waals surface area contributed by atoms with Crippen molar-refractivity contribution in [2.24, 2.45) is 5.73 Å². The third-order valence-electron chi connectivity index (χ3n) is 2.03. The van der Waals surface area contributed by atoms with Gasteiger partial charge < -0.3 is 10.8 Å². The average Bonchev–Trinajstić information content (AvgIpc) is 2.17. The third kappa shape index (κ3) is 2.98. The van der Waals surface area contributed by atoms with Crippen molar-refractivity contribution in [3.05, 3.63) is 38.3 Å². The van der Waals surface area contributed by atoms with Crippen LogP contribution in [0, 0.1) is 10.1 Å². The zero-order valence-corrected chi connectivity index (χ0v) is 9.48. The molecular formula is C9H11BrN2O3. The van der Waals surface area contributed by atoms with Gasteiger partial charge in [0.1, 0.15) is 0 Å². The number of benzene rings is 1. The van der Waals surface area contributed by atoms with Crippen molar-refractivity contribution in [1.82, 2.24) is 0 Å². The van der Waals surface area contributed by atoms with Gasteiger partial charge in [0.15, 0.2) is 0 Å². The Morgan fingerprint density at radius 3 is 2.80 bits per heavy atom. The van der Waals surface area contributed by atoms with Gasteiger partial charge in [0, 0.05) is 28.8 Å². The minimum absolute atomic E-state index is 0.0228. The standard InChI is InChI=1S/C9H11BrN2O3/c10-6-1-2-7(8(11)3-4-13)9(5-6)12(14)15/h1-2,5,8,13H,3-4,11H2/t8-/m1/s1. The van der Waals surface area contributed by atoms with Gasteiger partial charge >= 0.3 is 0 Å². The quantitative estimate of drug-likeness (QED) is 0.647. The van der Waals surface area contributed by atoms with Gasteiger partial charge in [-0.25, -0.2) is 0 Å². The van der Waals surface area contributed by atoms with E-state index in [0.29, 0.717) is 16.5 Å². The van der Waals surface area contributed by atoms with E-state index in [1.54, 1.807) is 12.1 Å². The summed E-state index contributed by atoms with van der Waals surface area (Å²) in [5.41, 5.74) is 6.13. The molecule has 0 amide bonds. The van der Waals surface area contributed by atoms with Crippen molar-refractivity contribution >= 4 is 21.6 Å². The summed E-state index contributed by atoms with van der Waals surface area (Å²) in [7, 11) is 0. The van der Waals surface area contributed by atoms with Crippen molar-refractivity contribution in [2.75, 3.05) is 6.61 Å². The minimum Gasteiger partial charge on any atom is -0.396 e. The summed E-state index contributed by atoms with van der Waals surface area (Å²) in [6.45, 7) is -0.0889.